The monoisotopic (exact) mass is 325 g/mol. The fourth-order valence-corrected chi connectivity index (χ4v) is 4.99. The van der Waals surface area contributed by atoms with Gasteiger partial charge in [-0.3, -0.25) is 4.79 Å². The Hall–Kier alpha value is -1.14. The zero-order valence-electron chi connectivity index (χ0n) is 11.9. The second-order valence-corrected chi connectivity index (χ2v) is 7.57. The molecule has 4 nitrogen and oxygen atoms in total. The third kappa shape index (κ3) is 4.41. The van der Waals surface area contributed by atoms with Crippen molar-refractivity contribution in [2.24, 2.45) is 0 Å². The van der Waals surface area contributed by atoms with Gasteiger partial charge in [-0.05, 0) is 24.1 Å². The molecule has 0 aromatic heterocycles. The molecule has 1 aliphatic heterocycles. The van der Waals surface area contributed by atoms with Crippen molar-refractivity contribution < 1.29 is 14.7 Å². The Morgan fingerprint density at radius 1 is 1.29 bits per heavy atom. The van der Waals surface area contributed by atoms with Gasteiger partial charge < -0.3 is 10.4 Å². The minimum atomic E-state index is -0.986. The lowest BCUT2D eigenvalue weighted by atomic mass is 10.1. The summed E-state index contributed by atoms with van der Waals surface area (Å²) < 4.78 is 0.453. The van der Waals surface area contributed by atoms with Gasteiger partial charge in [0.05, 0.1) is 4.58 Å². The first-order valence-corrected chi connectivity index (χ1v) is 9.08. The van der Waals surface area contributed by atoms with Gasteiger partial charge in [0, 0.05) is 17.1 Å². The molecule has 0 aliphatic carbocycles. The quantitative estimate of drug-likeness (QED) is 0.841. The summed E-state index contributed by atoms with van der Waals surface area (Å²) in [5.74, 6) is 1.01. The lowest BCUT2D eigenvalue weighted by Gasteiger charge is -2.14. The minimum Gasteiger partial charge on any atom is -0.480 e. The Bertz CT molecular complexity index is 498. The Morgan fingerprint density at radius 3 is 2.43 bits per heavy atom. The summed E-state index contributed by atoms with van der Waals surface area (Å²) in [4.78, 5) is 23.1. The molecular formula is C15H19NO3S2. The van der Waals surface area contributed by atoms with Gasteiger partial charge in [0.2, 0.25) is 0 Å². The van der Waals surface area contributed by atoms with Crippen LogP contribution in [0.5, 0.6) is 0 Å². The van der Waals surface area contributed by atoms with Crippen molar-refractivity contribution >= 4 is 35.4 Å². The summed E-state index contributed by atoms with van der Waals surface area (Å²) in [6.07, 6.45) is 1.15. The largest absolute Gasteiger partial charge is 0.480 e. The molecule has 0 saturated carbocycles. The molecule has 6 heteroatoms. The van der Waals surface area contributed by atoms with Crippen LogP contribution in [0.15, 0.2) is 24.3 Å². The number of carboxylic acids is 1. The standard InChI is InChI=1S/C15H19NO3S2/c1-2-3-12(14(18)19)16-13(17)10-4-6-11(7-5-10)15-20-8-9-21-15/h4-7,12,15H,2-3,8-9H2,1H3,(H,16,17)(H,18,19). The SMILES string of the molecule is CCCC(NC(=O)c1ccc(C2SCCS2)cc1)C(=O)O. The fraction of sp³-hybridized carbons (Fsp3) is 0.467. The Balaban J connectivity index is 2.00. The Morgan fingerprint density at radius 2 is 1.90 bits per heavy atom. The zero-order chi connectivity index (χ0) is 15.2. The fourth-order valence-electron chi connectivity index (χ4n) is 2.13. The average Bonchev–Trinajstić information content (AvgIpc) is 3.01. The van der Waals surface area contributed by atoms with Crippen LogP contribution in [0.25, 0.3) is 0 Å². The predicted molar refractivity (Wildman–Crippen MR) is 87.9 cm³/mol. The van der Waals surface area contributed by atoms with E-state index in [4.69, 9.17) is 5.11 Å². The number of nitrogens with one attached hydrogen (secondary N) is 1. The average molecular weight is 325 g/mol. The first-order chi connectivity index (χ1) is 10.1. The van der Waals surface area contributed by atoms with E-state index in [0.717, 1.165) is 11.5 Å². The number of carbonyl (C=O) groups excluding carboxylic acids is 1. The van der Waals surface area contributed by atoms with Crippen molar-refractivity contribution in [3.05, 3.63) is 35.4 Å². The normalized spacial score (nSPS) is 16.6. The highest BCUT2D eigenvalue weighted by atomic mass is 32.2. The molecule has 1 aliphatic rings. The van der Waals surface area contributed by atoms with E-state index in [0.29, 0.717) is 23.0 Å². The Kier molecular flexibility index (Phi) is 5.99. The lowest BCUT2D eigenvalue weighted by molar-refractivity contribution is -0.139. The van der Waals surface area contributed by atoms with Crippen LogP contribution in [-0.2, 0) is 4.79 Å². The van der Waals surface area contributed by atoms with Crippen LogP contribution in [-0.4, -0.2) is 34.5 Å². The minimum absolute atomic E-state index is 0.325. The molecular weight excluding hydrogens is 306 g/mol. The van der Waals surface area contributed by atoms with E-state index in [1.165, 1.54) is 5.56 Å². The van der Waals surface area contributed by atoms with Gasteiger partial charge in [-0.15, -0.1) is 23.5 Å². The summed E-state index contributed by atoms with van der Waals surface area (Å²) in [6.45, 7) is 1.90. The van der Waals surface area contributed by atoms with Crippen molar-refractivity contribution in [3.63, 3.8) is 0 Å². The van der Waals surface area contributed by atoms with E-state index in [1.54, 1.807) is 12.1 Å². The van der Waals surface area contributed by atoms with E-state index in [9.17, 15) is 9.59 Å². The van der Waals surface area contributed by atoms with Crippen LogP contribution in [0.2, 0.25) is 0 Å². The number of hydrogen-bond donors (Lipinski definition) is 2. The van der Waals surface area contributed by atoms with Gasteiger partial charge in [0.25, 0.3) is 5.91 Å². The highest BCUT2D eigenvalue weighted by Crippen LogP contribution is 2.45. The van der Waals surface area contributed by atoms with E-state index >= 15 is 0 Å². The number of carboxylic acid groups (broad SMARTS) is 1. The second-order valence-electron chi connectivity index (χ2n) is 4.85. The first-order valence-electron chi connectivity index (χ1n) is 6.98. The third-order valence-corrected chi connectivity index (χ3v) is 6.35. The number of carbonyl (C=O) groups is 2. The number of amides is 1. The van der Waals surface area contributed by atoms with Crippen LogP contribution in [0, 0.1) is 0 Å². The molecule has 0 spiro atoms. The van der Waals surface area contributed by atoms with E-state index in [2.05, 4.69) is 5.32 Å². The molecule has 1 heterocycles. The smallest absolute Gasteiger partial charge is 0.326 e. The van der Waals surface area contributed by atoms with Gasteiger partial charge in [0.15, 0.2) is 0 Å². The molecule has 1 saturated heterocycles. The van der Waals surface area contributed by atoms with Gasteiger partial charge >= 0.3 is 5.97 Å². The molecule has 1 atom stereocenters. The van der Waals surface area contributed by atoms with Crippen LogP contribution in [0.4, 0.5) is 0 Å². The maximum absolute atomic E-state index is 12.1. The highest BCUT2D eigenvalue weighted by molar-refractivity contribution is 8.19. The van der Waals surface area contributed by atoms with E-state index < -0.39 is 12.0 Å². The second kappa shape index (κ2) is 7.75. The zero-order valence-corrected chi connectivity index (χ0v) is 13.5. The highest BCUT2D eigenvalue weighted by Gasteiger charge is 2.21. The molecule has 114 valence electrons. The lowest BCUT2D eigenvalue weighted by Crippen LogP contribution is -2.40. The van der Waals surface area contributed by atoms with Crippen molar-refractivity contribution in [1.82, 2.24) is 5.32 Å². The van der Waals surface area contributed by atoms with E-state index in [1.807, 2.05) is 42.6 Å². The molecule has 1 fully saturated rings. The van der Waals surface area contributed by atoms with Crippen LogP contribution in [0.1, 0.15) is 40.3 Å². The molecule has 21 heavy (non-hydrogen) atoms. The topological polar surface area (TPSA) is 66.4 Å². The van der Waals surface area contributed by atoms with Crippen molar-refractivity contribution in [2.45, 2.75) is 30.4 Å². The summed E-state index contributed by atoms with van der Waals surface area (Å²) in [7, 11) is 0. The number of benzene rings is 1. The summed E-state index contributed by atoms with van der Waals surface area (Å²) in [5, 5.41) is 11.6. The summed E-state index contributed by atoms with van der Waals surface area (Å²) in [6, 6.07) is 6.65. The van der Waals surface area contributed by atoms with Crippen LogP contribution >= 0.6 is 23.5 Å². The molecule has 1 unspecified atom stereocenters. The van der Waals surface area contributed by atoms with Crippen LogP contribution < -0.4 is 5.32 Å². The van der Waals surface area contributed by atoms with Crippen molar-refractivity contribution in [1.29, 1.82) is 0 Å². The molecule has 2 N–H and O–H groups in total. The van der Waals surface area contributed by atoms with Crippen molar-refractivity contribution in [3.8, 4) is 0 Å². The maximum Gasteiger partial charge on any atom is 0.326 e. The van der Waals surface area contributed by atoms with Gasteiger partial charge in [0.1, 0.15) is 6.04 Å². The number of thioether (sulfide) groups is 2. The van der Waals surface area contributed by atoms with Crippen molar-refractivity contribution in [2.75, 3.05) is 11.5 Å². The Labute approximate surface area is 133 Å². The molecule has 0 bridgehead atoms. The van der Waals surface area contributed by atoms with E-state index in [-0.39, 0.29) is 5.91 Å². The molecule has 1 amide bonds. The molecule has 2 rings (SSSR count). The number of rotatable bonds is 6. The molecule has 0 radical (unpaired) electrons. The maximum atomic E-state index is 12.1. The first kappa shape index (κ1) is 16.2. The predicted octanol–water partition coefficient (Wildman–Crippen LogP) is 3.15. The third-order valence-electron chi connectivity index (χ3n) is 3.25. The number of aliphatic carboxylic acids is 1. The van der Waals surface area contributed by atoms with Gasteiger partial charge in [-0.2, -0.15) is 0 Å². The van der Waals surface area contributed by atoms with Gasteiger partial charge in [-0.25, -0.2) is 4.79 Å². The summed E-state index contributed by atoms with van der Waals surface area (Å²) >= 11 is 3.83. The number of hydrogen-bond acceptors (Lipinski definition) is 4. The summed E-state index contributed by atoms with van der Waals surface area (Å²) in [5.41, 5.74) is 1.72. The molecule has 1 aromatic carbocycles. The molecule has 1 aromatic rings. The van der Waals surface area contributed by atoms with Gasteiger partial charge in [-0.1, -0.05) is 25.5 Å². The van der Waals surface area contributed by atoms with Crippen LogP contribution in [0.3, 0.4) is 0 Å².